The zero-order valence-corrected chi connectivity index (χ0v) is 7.52. The van der Waals surface area contributed by atoms with Crippen molar-refractivity contribution >= 4 is 11.8 Å². The van der Waals surface area contributed by atoms with E-state index in [1.54, 1.807) is 0 Å². The van der Waals surface area contributed by atoms with Crippen LogP contribution in [0.5, 0.6) is 0 Å². The quantitative estimate of drug-likeness (QED) is 0.668. The van der Waals surface area contributed by atoms with Crippen LogP contribution in [0.25, 0.3) is 0 Å². The molecule has 1 saturated heterocycles. The van der Waals surface area contributed by atoms with Crippen molar-refractivity contribution in [1.82, 2.24) is 0 Å². The summed E-state index contributed by atoms with van der Waals surface area (Å²) in [4.78, 5) is 0. The molecule has 1 aliphatic heterocycles. The van der Waals surface area contributed by atoms with Gasteiger partial charge in [-0.1, -0.05) is 0 Å². The van der Waals surface area contributed by atoms with Crippen LogP contribution in [0.4, 0.5) is 0 Å². The molecule has 0 aromatic carbocycles. The Labute approximate surface area is 72.0 Å². The molecule has 0 bridgehead atoms. The topological polar surface area (TPSA) is 40.5 Å². The average Bonchev–Trinajstić information content (AvgIpc) is 2.52. The molecule has 1 heterocycles. The van der Waals surface area contributed by atoms with Crippen LogP contribution in [0.1, 0.15) is 19.3 Å². The molecule has 0 aromatic heterocycles. The highest BCUT2D eigenvalue weighted by Crippen LogP contribution is 2.33. The minimum absolute atomic E-state index is 0.211. The first kappa shape index (κ1) is 9.36. The lowest BCUT2D eigenvalue weighted by molar-refractivity contribution is 0.180. The Morgan fingerprint density at radius 3 is 2.73 bits per heavy atom. The number of hydrogen-bond acceptors (Lipinski definition) is 3. The highest BCUT2D eigenvalue weighted by molar-refractivity contribution is 8.00. The second-order valence-corrected chi connectivity index (χ2v) is 4.35. The van der Waals surface area contributed by atoms with Gasteiger partial charge in [-0.15, -0.1) is 0 Å². The molecule has 2 atom stereocenters. The van der Waals surface area contributed by atoms with E-state index in [0.717, 1.165) is 6.42 Å². The highest BCUT2D eigenvalue weighted by Gasteiger charge is 2.24. The summed E-state index contributed by atoms with van der Waals surface area (Å²) in [7, 11) is 0. The fourth-order valence-corrected chi connectivity index (χ4v) is 3.00. The van der Waals surface area contributed by atoms with Crippen molar-refractivity contribution in [1.29, 1.82) is 0 Å². The van der Waals surface area contributed by atoms with Crippen LogP contribution in [-0.2, 0) is 0 Å². The van der Waals surface area contributed by atoms with Gasteiger partial charge >= 0.3 is 0 Å². The van der Waals surface area contributed by atoms with E-state index in [1.807, 2.05) is 11.8 Å². The lowest BCUT2D eigenvalue weighted by Gasteiger charge is -2.18. The Bertz CT molecular complexity index is 102. The first-order chi connectivity index (χ1) is 5.38. The lowest BCUT2D eigenvalue weighted by atomic mass is 10.00. The summed E-state index contributed by atoms with van der Waals surface area (Å²) in [5.41, 5.74) is 0. The zero-order valence-electron chi connectivity index (χ0n) is 6.70. The van der Waals surface area contributed by atoms with Crippen molar-refractivity contribution in [3.05, 3.63) is 0 Å². The first-order valence-electron chi connectivity index (χ1n) is 4.21. The number of thioether (sulfide) groups is 1. The molecule has 0 amide bonds. The molecular formula is C8H16O2S. The Morgan fingerprint density at radius 2 is 2.27 bits per heavy atom. The number of hydrogen-bond donors (Lipinski definition) is 2. The Balaban J connectivity index is 2.27. The third-order valence-electron chi connectivity index (χ3n) is 2.23. The van der Waals surface area contributed by atoms with E-state index >= 15 is 0 Å². The number of rotatable bonds is 4. The predicted molar refractivity (Wildman–Crippen MR) is 47.8 cm³/mol. The minimum Gasteiger partial charge on any atom is -0.396 e. The number of aliphatic hydroxyl groups is 2. The molecule has 1 rings (SSSR count). The number of aliphatic hydroxyl groups excluding tert-OH is 2. The Kier molecular flexibility index (Phi) is 4.26. The summed E-state index contributed by atoms with van der Waals surface area (Å²) in [5.74, 6) is 1.56. The molecule has 2 nitrogen and oxygen atoms in total. The van der Waals surface area contributed by atoms with Gasteiger partial charge in [0.25, 0.3) is 0 Å². The molecule has 1 aliphatic rings. The van der Waals surface area contributed by atoms with E-state index in [0.29, 0.717) is 11.2 Å². The predicted octanol–water partition coefficient (Wildman–Crippen LogP) is 0.873. The van der Waals surface area contributed by atoms with E-state index in [-0.39, 0.29) is 13.2 Å². The van der Waals surface area contributed by atoms with E-state index < -0.39 is 0 Å². The molecule has 0 spiro atoms. The van der Waals surface area contributed by atoms with Gasteiger partial charge in [-0.2, -0.15) is 11.8 Å². The molecular weight excluding hydrogens is 160 g/mol. The van der Waals surface area contributed by atoms with E-state index in [4.69, 9.17) is 10.2 Å². The third kappa shape index (κ3) is 2.65. The van der Waals surface area contributed by atoms with Crippen LogP contribution < -0.4 is 0 Å². The van der Waals surface area contributed by atoms with Crippen molar-refractivity contribution in [3.8, 4) is 0 Å². The first-order valence-corrected chi connectivity index (χ1v) is 5.26. The maximum atomic E-state index is 8.99. The summed E-state index contributed by atoms with van der Waals surface area (Å²) in [5, 5.41) is 18.3. The lowest BCUT2D eigenvalue weighted by Crippen LogP contribution is -2.19. The van der Waals surface area contributed by atoms with E-state index in [1.165, 1.54) is 18.6 Å². The smallest absolute Gasteiger partial charge is 0.0470 e. The van der Waals surface area contributed by atoms with Crippen LogP contribution in [0.15, 0.2) is 0 Å². The molecule has 0 aliphatic carbocycles. The van der Waals surface area contributed by atoms with Crippen LogP contribution >= 0.6 is 11.8 Å². The zero-order chi connectivity index (χ0) is 8.10. The maximum Gasteiger partial charge on any atom is 0.0470 e. The summed E-state index contributed by atoms with van der Waals surface area (Å²) in [6, 6.07) is 0. The van der Waals surface area contributed by atoms with Crippen molar-refractivity contribution < 1.29 is 10.2 Å². The van der Waals surface area contributed by atoms with Crippen molar-refractivity contribution in [2.75, 3.05) is 19.0 Å². The molecule has 0 aromatic rings. The molecule has 11 heavy (non-hydrogen) atoms. The fourth-order valence-electron chi connectivity index (χ4n) is 1.53. The standard InChI is InChI=1S/C8H16O2S/c9-4-3-7(6-10)8-2-1-5-11-8/h7-10H,1-6H2. The molecule has 2 unspecified atom stereocenters. The van der Waals surface area contributed by atoms with Crippen LogP contribution in [0, 0.1) is 5.92 Å². The van der Waals surface area contributed by atoms with Gasteiger partial charge in [0.2, 0.25) is 0 Å². The summed E-state index contributed by atoms with van der Waals surface area (Å²) in [6.07, 6.45) is 3.25. The normalized spacial score (nSPS) is 27.3. The van der Waals surface area contributed by atoms with Gasteiger partial charge in [0, 0.05) is 18.5 Å². The molecule has 2 N–H and O–H groups in total. The second-order valence-electron chi connectivity index (χ2n) is 3.01. The SMILES string of the molecule is OCCC(CO)C1CCCS1. The summed E-state index contributed by atoms with van der Waals surface area (Å²) in [6.45, 7) is 0.445. The van der Waals surface area contributed by atoms with Gasteiger partial charge in [0.15, 0.2) is 0 Å². The monoisotopic (exact) mass is 176 g/mol. The van der Waals surface area contributed by atoms with Gasteiger partial charge in [-0.05, 0) is 30.9 Å². The molecule has 0 saturated carbocycles. The van der Waals surface area contributed by atoms with Gasteiger partial charge in [0.1, 0.15) is 0 Å². The molecule has 66 valence electrons. The minimum atomic E-state index is 0.211. The maximum absolute atomic E-state index is 8.99. The Morgan fingerprint density at radius 1 is 1.45 bits per heavy atom. The van der Waals surface area contributed by atoms with E-state index in [2.05, 4.69) is 0 Å². The summed E-state index contributed by atoms with van der Waals surface area (Å²) < 4.78 is 0. The van der Waals surface area contributed by atoms with Gasteiger partial charge < -0.3 is 10.2 Å². The molecule has 0 radical (unpaired) electrons. The van der Waals surface area contributed by atoms with E-state index in [9.17, 15) is 0 Å². The fraction of sp³-hybridized carbons (Fsp3) is 1.00. The van der Waals surface area contributed by atoms with Crippen molar-refractivity contribution in [2.45, 2.75) is 24.5 Å². The van der Waals surface area contributed by atoms with Crippen molar-refractivity contribution in [3.63, 3.8) is 0 Å². The Hall–Kier alpha value is 0.270. The van der Waals surface area contributed by atoms with Gasteiger partial charge in [-0.25, -0.2) is 0 Å². The highest BCUT2D eigenvalue weighted by atomic mass is 32.2. The second kappa shape index (κ2) is 5.01. The molecule has 3 heteroatoms. The van der Waals surface area contributed by atoms with Crippen LogP contribution in [0.3, 0.4) is 0 Å². The molecule has 1 fully saturated rings. The third-order valence-corrected chi connectivity index (χ3v) is 3.80. The average molecular weight is 176 g/mol. The van der Waals surface area contributed by atoms with Crippen molar-refractivity contribution in [2.24, 2.45) is 5.92 Å². The van der Waals surface area contributed by atoms with Crippen LogP contribution in [-0.4, -0.2) is 34.4 Å². The van der Waals surface area contributed by atoms with Crippen LogP contribution in [0.2, 0.25) is 0 Å². The summed E-state index contributed by atoms with van der Waals surface area (Å²) >= 11 is 1.94. The largest absolute Gasteiger partial charge is 0.396 e. The van der Waals surface area contributed by atoms with Gasteiger partial charge in [-0.3, -0.25) is 0 Å². The van der Waals surface area contributed by atoms with Gasteiger partial charge in [0.05, 0.1) is 0 Å².